The minimum atomic E-state index is -3.73. The summed E-state index contributed by atoms with van der Waals surface area (Å²) >= 11 is 6.18. The van der Waals surface area contributed by atoms with Crippen molar-refractivity contribution in [1.29, 1.82) is 0 Å². The number of aromatic nitrogens is 4. The van der Waals surface area contributed by atoms with Crippen LogP contribution in [0.2, 0.25) is 5.02 Å². The average Bonchev–Trinajstić information content (AvgIpc) is 3.41. The summed E-state index contributed by atoms with van der Waals surface area (Å²) in [6.07, 6.45) is 0.525. The number of sulfonamides is 1. The van der Waals surface area contributed by atoms with Gasteiger partial charge in [0.15, 0.2) is 5.69 Å². The first-order chi connectivity index (χ1) is 15.3. The second-order valence-corrected chi connectivity index (χ2v) is 10.0. The molecule has 5 rings (SSSR count). The summed E-state index contributed by atoms with van der Waals surface area (Å²) in [5.41, 5.74) is 3.87. The maximum absolute atomic E-state index is 13.3. The number of aryl methyl sites for hydroxylation is 2. The first kappa shape index (κ1) is 20.9. The molecule has 0 aliphatic carbocycles. The van der Waals surface area contributed by atoms with Crippen LogP contribution in [0, 0.1) is 6.92 Å². The molecule has 1 aliphatic heterocycles. The molecule has 32 heavy (non-hydrogen) atoms. The minimum absolute atomic E-state index is 0.162. The summed E-state index contributed by atoms with van der Waals surface area (Å²) in [6, 6.07) is 14.3. The molecule has 164 valence electrons. The number of nitrogens with zero attached hydrogens (tertiary/aromatic N) is 5. The molecule has 1 aliphatic rings. The molecular formula is C22H20ClN5O3S. The van der Waals surface area contributed by atoms with E-state index in [4.69, 9.17) is 16.1 Å². The Labute approximate surface area is 190 Å². The second-order valence-electron chi connectivity index (χ2n) is 7.69. The average molecular weight is 470 g/mol. The highest BCUT2D eigenvalue weighted by Crippen LogP contribution is 2.33. The fourth-order valence-corrected chi connectivity index (χ4v) is 5.53. The molecule has 0 fully saturated rings. The van der Waals surface area contributed by atoms with E-state index in [1.165, 1.54) is 10.4 Å². The molecule has 0 amide bonds. The van der Waals surface area contributed by atoms with Gasteiger partial charge in [0.05, 0.1) is 4.90 Å². The highest BCUT2D eigenvalue weighted by atomic mass is 35.5. The molecule has 0 spiro atoms. The van der Waals surface area contributed by atoms with Crippen LogP contribution in [0.5, 0.6) is 0 Å². The third-order valence-corrected chi connectivity index (χ3v) is 7.90. The van der Waals surface area contributed by atoms with Crippen molar-refractivity contribution in [2.45, 2.75) is 24.8 Å². The van der Waals surface area contributed by atoms with E-state index in [0.29, 0.717) is 29.5 Å². The SMILES string of the molecule is Cc1ccc(S(=O)(=O)N2CCc3c(c(-c4nc(-c5ccccc5)no4)nn3C)C2)cc1Cl. The second kappa shape index (κ2) is 7.84. The predicted octanol–water partition coefficient (Wildman–Crippen LogP) is 3.85. The Kier molecular flexibility index (Phi) is 5.11. The molecule has 2 aromatic carbocycles. The number of benzene rings is 2. The van der Waals surface area contributed by atoms with E-state index in [2.05, 4.69) is 15.2 Å². The molecule has 3 heterocycles. The molecular weight excluding hydrogens is 450 g/mol. The van der Waals surface area contributed by atoms with Crippen LogP contribution < -0.4 is 0 Å². The number of fused-ring (bicyclic) bond motifs is 1. The van der Waals surface area contributed by atoms with Crippen molar-refractivity contribution in [2.24, 2.45) is 7.05 Å². The molecule has 0 radical (unpaired) electrons. The normalized spacial score (nSPS) is 14.5. The van der Waals surface area contributed by atoms with Gasteiger partial charge >= 0.3 is 0 Å². The lowest BCUT2D eigenvalue weighted by molar-refractivity contribution is 0.385. The predicted molar refractivity (Wildman–Crippen MR) is 119 cm³/mol. The highest BCUT2D eigenvalue weighted by Gasteiger charge is 2.33. The Morgan fingerprint density at radius 2 is 1.91 bits per heavy atom. The number of hydrogen-bond donors (Lipinski definition) is 0. The van der Waals surface area contributed by atoms with Gasteiger partial charge in [-0.05, 0) is 24.6 Å². The highest BCUT2D eigenvalue weighted by molar-refractivity contribution is 7.89. The van der Waals surface area contributed by atoms with Crippen molar-refractivity contribution in [3.63, 3.8) is 0 Å². The third-order valence-electron chi connectivity index (χ3n) is 5.65. The van der Waals surface area contributed by atoms with Crippen LogP contribution >= 0.6 is 11.6 Å². The summed E-state index contributed by atoms with van der Waals surface area (Å²) < 4.78 is 35.3. The van der Waals surface area contributed by atoms with Crippen molar-refractivity contribution in [3.8, 4) is 23.0 Å². The van der Waals surface area contributed by atoms with Gasteiger partial charge in [0, 0.05) is 48.4 Å². The Bertz CT molecular complexity index is 1410. The van der Waals surface area contributed by atoms with Crippen LogP contribution in [-0.2, 0) is 30.0 Å². The Morgan fingerprint density at radius 3 is 2.66 bits per heavy atom. The molecule has 0 saturated carbocycles. The zero-order valence-corrected chi connectivity index (χ0v) is 19.1. The van der Waals surface area contributed by atoms with Crippen molar-refractivity contribution in [2.75, 3.05) is 6.54 Å². The Morgan fingerprint density at radius 1 is 1.12 bits per heavy atom. The molecule has 8 nitrogen and oxygen atoms in total. The van der Waals surface area contributed by atoms with Gasteiger partial charge in [-0.2, -0.15) is 14.4 Å². The van der Waals surface area contributed by atoms with Gasteiger partial charge in [-0.15, -0.1) is 0 Å². The van der Waals surface area contributed by atoms with Crippen molar-refractivity contribution < 1.29 is 12.9 Å². The molecule has 0 bridgehead atoms. The van der Waals surface area contributed by atoms with E-state index in [1.54, 1.807) is 16.8 Å². The molecule has 2 aromatic heterocycles. The van der Waals surface area contributed by atoms with E-state index >= 15 is 0 Å². The van der Waals surface area contributed by atoms with Gasteiger partial charge < -0.3 is 4.52 Å². The number of rotatable bonds is 4. The van der Waals surface area contributed by atoms with Gasteiger partial charge in [0.2, 0.25) is 15.8 Å². The first-order valence-corrected chi connectivity index (χ1v) is 11.9. The van der Waals surface area contributed by atoms with Gasteiger partial charge in [-0.3, -0.25) is 4.68 Å². The monoisotopic (exact) mass is 469 g/mol. The van der Waals surface area contributed by atoms with Crippen molar-refractivity contribution in [1.82, 2.24) is 24.2 Å². The summed E-state index contributed by atoms with van der Waals surface area (Å²) in [5, 5.41) is 9.06. The topological polar surface area (TPSA) is 94.1 Å². The number of halogens is 1. The zero-order valence-electron chi connectivity index (χ0n) is 17.5. The Balaban J connectivity index is 1.50. The van der Waals surface area contributed by atoms with Crippen molar-refractivity contribution in [3.05, 3.63) is 70.4 Å². The fraction of sp³-hybridized carbons (Fsp3) is 0.227. The molecule has 4 aromatic rings. The van der Waals surface area contributed by atoms with Gasteiger partial charge in [0.25, 0.3) is 5.89 Å². The van der Waals surface area contributed by atoms with Crippen molar-refractivity contribution >= 4 is 21.6 Å². The van der Waals surface area contributed by atoms with E-state index in [9.17, 15) is 8.42 Å². The first-order valence-electron chi connectivity index (χ1n) is 10.0. The van der Waals surface area contributed by atoms with E-state index in [-0.39, 0.29) is 17.3 Å². The quantitative estimate of drug-likeness (QED) is 0.450. The minimum Gasteiger partial charge on any atom is -0.332 e. The van der Waals surface area contributed by atoms with Gasteiger partial charge in [-0.25, -0.2) is 8.42 Å². The maximum Gasteiger partial charge on any atom is 0.279 e. The van der Waals surface area contributed by atoms with Crippen LogP contribution in [0.1, 0.15) is 16.8 Å². The van der Waals surface area contributed by atoms with Gasteiger partial charge in [0.1, 0.15) is 0 Å². The lowest BCUT2D eigenvalue weighted by Crippen LogP contribution is -2.36. The molecule has 0 atom stereocenters. The van der Waals surface area contributed by atoms with Crippen LogP contribution in [0.4, 0.5) is 0 Å². The smallest absolute Gasteiger partial charge is 0.279 e. The van der Waals surface area contributed by atoms with Crippen LogP contribution in [-0.4, -0.2) is 39.2 Å². The molecule has 0 unspecified atom stereocenters. The summed E-state index contributed by atoms with van der Waals surface area (Å²) in [6.45, 7) is 2.34. The van der Waals surface area contributed by atoms with E-state index in [1.807, 2.05) is 44.3 Å². The van der Waals surface area contributed by atoms with Crippen LogP contribution in [0.3, 0.4) is 0 Å². The molecule has 0 N–H and O–H groups in total. The van der Waals surface area contributed by atoms with Crippen LogP contribution in [0.25, 0.3) is 23.0 Å². The number of hydrogen-bond acceptors (Lipinski definition) is 6. The third kappa shape index (κ3) is 3.52. The summed E-state index contributed by atoms with van der Waals surface area (Å²) in [5.74, 6) is 0.716. The largest absolute Gasteiger partial charge is 0.332 e. The molecule has 10 heteroatoms. The molecule has 0 saturated heterocycles. The van der Waals surface area contributed by atoms with E-state index < -0.39 is 10.0 Å². The van der Waals surface area contributed by atoms with E-state index in [0.717, 1.165) is 22.4 Å². The fourth-order valence-electron chi connectivity index (χ4n) is 3.85. The lowest BCUT2D eigenvalue weighted by Gasteiger charge is -2.27. The zero-order chi connectivity index (χ0) is 22.5. The Hall–Kier alpha value is -3.01. The maximum atomic E-state index is 13.3. The summed E-state index contributed by atoms with van der Waals surface area (Å²) in [7, 11) is -1.89. The van der Waals surface area contributed by atoms with Gasteiger partial charge in [-0.1, -0.05) is 53.2 Å². The standard InChI is InChI=1S/C22H20ClN5O3S/c1-14-8-9-16(12-18(14)23)32(29,30)28-11-10-19-17(13-28)20(25-27(19)2)22-24-21(26-31-22)15-6-4-3-5-7-15/h3-9,12H,10-11,13H2,1-2H3. The van der Waals surface area contributed by atoms with Crippen LogP contribution in [0.15, 0.2) is 57.9 Å². The lowest BCUT2D eigenvalue weighted by atomic mass is 10.1. The summed E-state index contributed by atoms with van der Waals surface area (Å²) in [4.78, 5) is 4.67.